The second-order valence-electron chi connectivity index (χ2n) is 2.71. The van der Waals surface area contributed by atoms with E-state index in [-0.39, 0.29) is 11.1 Å². The maximum Gasteiger partial charge on any atom is 0.249 e. The number of carbonyl (C=O) groups is 1. The van der Waals surface area contributed by atoms with Crippen LogP contribution in [-0.4, -0.2) is 13.0 Å². The van der Waals surface area contributed by atoms with Crippen molar-refractivity contribution in [1.29, 1.82) is 0 Å². The van der Waals surface area contributed by atoms with Crippen LogP contribution >= 0.6 is 0 Å². The van der Waals surface area contributed by atoms with Crippen LogP contribution in [0.5, 0.6) is 0 Å². The molecule has 0 fully saturated rings. The molecular formula is C9H11FN2O. The molecule has 4 heteroatoms. The van der Waals surface area contributed by atoms with Crippen molar-refractivity contribution in [2.24, 2.45) is 5.73 Å². The third-order valence-corrected chi connectivity index (χ3v) is 1.92. The molecule has 1 amide bonds. The van der Waals surface area contributed by atoms with Gasteiger partial charge in [0.1, 0.15) is 5.82 Å². The number of nitrogens with two attached hydrogens (primary N) is 1. The number of primary amides is 1. The van der Waals surface area contributed by atoms with Crippen LogP contribution in [0, 0.1) is 12.7 Å². The molecule has 3 nitrogen and oxygen atoms in total. The van der Waals surface area contributed by atoms with E-state index in [9.17, 15) is 9.18 Å². The van der Waals surface area contributed by atoms with Crippen molar-refractivity contribution in [3.05, 3.63) is 29.1 Å². The van der Waals surface area contributed by atoms with Gasteiger partial charge >= 0.3 is 0 Å². The van der Waals surface area contributed by atoms with Gasteiger partial charge in [-0.15, -0.1) is 0 Å². The summed E-state index contributed by atoms with van der Waals surface area (Å²) in [5.41, 5.74) is 5.91. The Kier molecular flexibility index (Phi) is 2.51. The Labute approximate surface area is 75.7 Å². The summed E-state index contributed by atoms with van der Waals surface area (Å²) in [4.78, 5) is 10.8. The van der Waals surface area contributed by atoms with E-state index in [1.54, 1.807) is 7.05 Å². The lowest BCUT2D eigenvalue weighted by atomic mass is 10.1. The summed E-state index contributed by atoms with van der Waals surface area (Å²) < 4.78 is 13.4. The SMILES string of the molecule is CNc1ccc(C(N)=O)c(C)c1F. The Bertz CT molecular complexity index is 350. The zero-order valence-corrected chi connectivity index (χ0v) is 7.52. The van der Waals surface area contributed by atoms with E-state index in [0.717, 1.165) is 0 Å². The van der Waals surface area contributed by atoms with Gasteiger partial charge in [-0.3, -0.25) is 4.79 Å². The van der Waals surface area contributed by atoms with Crippen molar-refractivity contribution in [3.63, 3.8) is 0 Å². The summed E-state index contributed by atoms with van der Waals surface area (Å²) in [6, 6.07) is 3.00. The highest BCUT2D eigenvalue weighted by atomic mass is 19.1. The van der Waals surface area contributed by atoms with Gasteiger partial charge in [-0.2, -0.15) is 0 Å². The van der Waals surface area contributed by atoms with Crippen LogP contribution in [-0.2, 0) is 0 Å². The smallest absolute Gasteiger partial charge is 0.249 e. The fraction of sp³-hybridized carbons (Fsp3) is 0.222. The quantitative estimate of drug-likeness (QED) is 0.723. The van der Waals surface area contributed by atoms with Crippen molar-refractivity contribution in [2.75, 3.05) is 12.4 Å². The number of benzene rings is 1. The molecule has 1 aromatic carbocycles. The van der Waals surface area contributed by atoms with Gasteiger partial charge in [0.2, 0.25) is 5.91 Å². The molecule has 0 saturated carbocycles. The predicted molar refractivity (Wildman–Crippen MR) is 49.2 cm³/mol. The number of anilines is 1. The highest BCUT2D eigenvalue weighted by Crippen LogP contribution is 2.20. The van der Waals surface area contributed by atoms with Gasteiger partial charge in [-0.05, 0) is 24.6 Å². The lowest BCUT2D eigenvalue weighted by Gasteiger charge is -2.07. The van der Waals surface area contributed by atoms with Crippen LogP contribution in [0.4, 0.5) is 10.1 Å². The van der Waals surface area contributed by atoms with E-state index in [1.165, 1.54) is 19.1 Å². The van der Waals surface area contributed by atoms with Crippen molar-refractivity contribution in [2.45, 2.75) is 6.92 Å². The second-order valence-corrected chi connectivity index (χ2v) is 2.71. The van der Waals surface area contributed by atoms with E-state index >= 15 is 0 Å². The number of hydrogen-bond donors (Lipinski definition) is 2. The molecule has 0 atom stereocenters. The van der Waals surface area contributed by atoms with E-state index in [2.05, 4.69) is 5.32 Å². The standard InChI is InChI=1S/C9H11FN2O/c1-5-6(9(11)13)3-4-7(12-2)8(5)10/h3-4,12H,1-2H3,(H2,11,13). The number of rotatable bonds is 2. The van der Waals surface area contributed by atoms with Gasteiger partial charge in [0.25, 0.3) is 0 Å². The molecule has 0 aromatic heterocycles. The predicted octanol–water partition coefficient (Wildman–Crippen LogP) is 1.27. The van der Waals surface area contributed by atoms with E-state index in [0.29, 0.717) is 5.69 Å². The first-order valence-electron chi connectivity index (χ1n) is 3.84. The third kappa shape index (κ3) is 1.61. The first kappa shape index (κ1) is 9.51. The maximum absolute atomic E-state index is 13.4. The van der Waals surface area contributed by atoms with Gasteiger partial charge in [0.15, 0.2) is 0 Å². The molecular weight excluding hydrogens is 171 g/mol. The van der Waals surface area contributed by atoms with Crippen molar-refractivity contribution >= 4 is 11.6 Å². The Morgan fingerprint density at radius 1 is 1.54 bits per heavy atom. The average molecular weight is 182 g/mol. The Morgan fingerprint density at radius 3 is 2.62 bits per heavy atom. The molecule has 1 aromatic rings. The molecule has 0 heterocycles. The van der Waals surface area contributed by atoms with Crippen molar-refractivity contribution in [1.82, 2.24) is 0 Å². The highest BCUT2D eigenvalue weighted by Gasteiger charge is 2.11. The molecule has 0 saturated heterocycles. The summed E-state index contributed by atoms with van der Waals surface area (Å²) in [6.45, 7) is 1.52. The van der Waals surface area contributed by atoms with Gasteiger partial charge in [-0.25, -0.2) is 4.39 Å². The zero-order chi connectivity index (χ0) is 10.0. The van der Waals surface area contributed by atoms with Crippen LogP contribution in [0.1, 0.15) is 15.9 Å². The maximum atomic E-state index is 13.4. The molecule has 0 aliphatic carbocycles. The summed E-state index contributed by atoms with van der Waals surface area (Å²) >= 11 is 0. The summed E-state index contributed by atoms with van der Waals surface area (Å²) in [5.74, 6) is -1.04. The van der Waals surface area contributed by atoms with Crippen molar-refractivity contribution < 1.29 is 9.18 Å². The number of amides is 1. The molecule has 0 spiro atoms. The monoisotopic (exact) mass is 182 g/mol. The molecule has 0 aliphatic rings. The highest BCUT2D eigenvalue weighted by molar-refractivity contribution is 5.94. The third-order valence-electron chi connectivity index (χ3n) is 1.92. The van der Waals surface area contributed by atoms with Gasteiger partial charge in [-0.1, -0.05) is 0 Å². The summed E-state index contributed by atoms with van der Waals surface area (Å²) in [6.07, 6.45) is 0. The summed E-state index contributed by atoms with van der Waals surface area (Å²) in [7, 11) is 1.61. The molecule has 13 heavy (non-hydrogen) atoms. The Hall–Kier alpha value is -1.58. The largest absolute Gasteiger partial charge is 0.386 e. The molecule has 1 rings (SSSR count). The minimum atomic E-state index is -0.612. The first-order chi connectivity index (χ1) is 6.07. The lowest BCUT2D eigenvalue weighted by Crippen LogP contribution is -2.14. The summed E-state index contributed by atoms with van der Waals surface area (Å²) in [5, 5.41) is 2.68. The normalized spacial score (nSPS) is 9.77. The topological polar surface area (TPSA) is 55.1 Å². The van der Waals surface area contributed by atoms with Crippen LogP contribution in [0.2, 0.25) is 0 Å². The number of carbonyl (C=O) groups excluding carboxylic acids is 1. The Morgan fingerprint density at radius 2 is 2.15 bits per heavy atom. The average Bonchev–Trinajstić information content (AvgIpc) is 2.09. The van der Waals surface area contributed by atoms with Crippen LogP contribution in [0.3, 0.4) is 0 Å². The van der Waals surface area contributed by atoms with Crippen LogP contribution in [0.15, 0.2) is 12.1 Å². The molecule has 0 radical (unpaired) electrons. The number of hydrogen-bond acceptors (Lipinski definition) is 2. The van der Waals surface area contributed by atoms with E-state index < -0.39 is 11.7 Å². The number of nitrogens with one attached hydrogen (secondary N) is 1. The van der Waals surface area contributed by atoms with Gasteiger partial charge in [0.05, 0.1) is 5.69 Å². The number of halogens is 1. The molecule has 0 bridgehead atoms. The molecule has 0 aliphatic heterocycles. The minimum Gasteiger partial charge on any atom is -0.386 e. The zero-order valence-electron chi connectivity index (χ0n) is 7.52. The fourth-order valence-electron chi connectivity index (χ4n) is 1.15. The van der Waals surface area contributed by atoms with Gasteiger partial charge < -0.3 is 11.1 Å². The van der Waals surface area contributed by atoms with Crippen molar-refractivity contribution in [3.8, 4) is 0 Å². The van der Waals surface area contributed by atoms with Crippen LogP contribution < -0.4 is 11.1 Å². The van der Waals surface area contributed by atoms with E-state index in [4.69, 9.17) is 5.73 Å². The van der Waals surface area contributed by atoms with E-state index in [1.807, 2.05) is 0 Å². The molecule has 0 unspecified atom stereocenters. The minimum absolute atomic E-state index is 0.219. The van der Waals surface area contributed by atoms with Gasteiger partial charge in [0, 0.05) is 12.6 Å². The lowest BCUT2D eigenvalue weighted by molar-refractivity contribution is 0.0999. The molecule has 3 N–H and O–H groups in total. The first-order valence-corrected chi connectivity index (χ1v) is 3.84. The Balaban J connectivity index is 3.31. The fourth-order valence-corrected chi connectivity index (χ4v) is 1.15. The van der Waals surface area contributed by atoms with Crippen LogP contribution in [0.25, 0.3) is 0 Å². The second kappa shape index (κ2) is 3.43. The molecule has 70 valence electrons.